The zero-order valence-electron chi connectivity index (χ0n) is 12.8. The molecule has 1 aliphatic carbocycles. The highest BCUT2D eigenvalue weighted by atomic mass is 32.2. The summed E-state index contributed by atoms with van der Waals surface area (Å²) in [5.74, 6) is 0.0280. The average Bonchev–Trinajstić information content (AvgIpc) is 3.16. The maximum Gasteiger partial charge on any atom is 0.281 e. The topological polar surface area (TPSA) is 94.7 Å². The predicted octanol–water partition coefficient (Wildman–Crippen LogP) is 1.99. The third-order valence-corrected chi connectivity index (χ3v) is 5.39. The van der Waals surface area contributed by atoms with Crippen LogP contribution < -0.4 is 4.72 Å². The summed E-state index contributed by atoms with van der Waals surface area (Å²) in [4.78, 5) is 4.03. The lowest BCUT2D eigenvalue weighted by Crippen LogP contribution is -2.25. The molecule has 1 aromatic carbocycles. The van der Waals surface area contributed by atoms with Crippen LogP contribution in [-0.4, -0.2) is 33.0 Å². The van der Waals surface area contributed by atoms with Crippen molar-refractivity contribution in [2.24, 2.45) is 0 Å². The van der Waals surface area contributed by atoms with Gasteiger partial charge >= 0.3 is 0 Å². The van der Waals surface area contributed by atoms with Gasteiger partial charge in [0.25, 0.3) is 16.0 Å². The van der Waals surface area contributed by atoms with Crippen molar-refractivity contribution in [3.63, 3.8) is 0 Å². The van der Waals surface area contributed by atoms with E-state index in [2.05, 4.69) is 19.9 Å². The van der Waals surface area contributed by atoms with Crippen molar-refractivity contribution in [2.75, 3.05) is 4.72 Å². The molecule has 1 N–H and O–H groups in total. The van der Waals surface area contributed by atoms with E-state index in [-0.39, 0.29) is 17.0 Å². The summed E-state index contributed by atoms with van der Waals surface area (Å²) in [5, 5.41) is 8.46. The lowest BCUT2D eigenvalue weighted by atomic mass is 9.93. The van der Waals surface area contributed by atoms with Gasteiger partial charge in [-0.25, -0.2) is 14.1 Å². The van der Waals surface area contributed by atoms with Gasteiger partial charge in [-0.1, -0.05) is 18.2 Å². The molecule has 0 saturated heterocycles. The van der Waals surface area contributed by atoms with Gasteiger partial charge in [0.2, 0.25) is 0 Å². The van der Waals surface area contributed by atoms with E-state index in [1.165, 1.54) is 23.3 Å². The van der Waals surface area contributed by atoms with E-state index in [0.29, 0.717) is 0 Å². The second-order valence-corrected chi connectivity index (χ2v) is 7.28. The van der Waals surface area contributed by atoms with E-state index < -0.39 is 10.0 Å². The van der Waals surface area contributed by atoms with Gasteiger partial charge < -0.3 is 0 Å². The summed E-state index contributed by atoms with van der Waals surface area (Å²) in [6, 6.07) is 11.0. The summed E-state index contributed by atoms with van der Waals surface area (Å²) in [6.45, 7) is 0. The minimum absolute atomic E-state index is 0.0280. The van der Waals surface area contributed by atoms with Crippen LogP contribution in [0.25, 0.3) is 5.69 Å². The van der Waals surface area contributed by atoms with Gasteiger partial charge in [-0.05, 0) is 37.5 Å². The third kappa shape index (κ3) is 2.67. The van der Waals surface area contributed by atoms with E-state index in [1.807, 2.05) is 30.3 Å². The Hall–Kier alpha value is -2.68. The molecule has 0 spiro atoms. The number of nitrogens with one attached hydrogen (secondary N) is 1. The SMILES string of the molecule is O=S(=O)(Nc1ncn(-c2ccccc2)n1)c1ccnn1C1CCC1. The molecule has 0 atom stereocenters. The minimum atomic E-state index is -3.78. The Morgan fingerprint density at radius 3 is 2.62 bits per heavy atom. The molecular formula is C15H16N6O2S. The number of hydrogen-bond acceptors (Lipinski definition) is 5. The zero-order chi connectivity index (χ0) is 16.6. The number of benzene rings is 1. The summed E-state index contributed by atoms with van der Waals surface area (Å²) >= 11 is 0. The molecule has 3 aromatic rings. The fourth-order valence-corrected chi connectivity index (χ4v) is 3.73. The van der Waals surface area contributed by atoms with Crippen LogP contribution in [-0.2, 0) is 10.0 Å². The molecule has 8 nitrogen and oxygen atoms in total. The van der Waals surface area contributed by atoms with E-state index in [1.54, 1.807) is 4.68 Å². The first-order chi connectivity index (χ1) is 11.6. The van der Waals surface area contributed by atoms with Gasteiger partial charge in [0, 0.05) is 0 Å². The maximum absolute atomic E-state index is 12.6. The number of sulfonamides is 1. The van der Waals surface area contributed by atoms with Gasteiger partial charge in [0.05, 0.1) is 17.9 Å². The molecule has 124 valence electrons. The van der Waals surface area contributed by atoms with E-state index in [0.717, 1.165) is 24.9 Å². The number of aromatic nitrogens is 5. The normalized spacial score (nSPS) is 15.2. The molecule has 0 amide bonds. The van der Waals surface area contributed by atoms with Gasteiger partial charge in [-0.2, -0.15) is 18.5 Å². The largest absolute Gasteiger partial charge is 0.281 e. The highest BCUT2D eigenvalue weighted by Crippen LogP contribution is 2.33. The molecule has 0 radical (unpaired) electrons. The molecule has 0 bridgehead atoms. The number of hydrogen-bond donors (Lipinski definition) is 1. The smallest absolute Gasteiger partial charge is 0.249 e. The molecule has 4 rings (SSSR count). The Balaban J connectivity index is 1.59. The monoisotopic (exact) mass is 344 g/mol. The van der Waals surface area contributed by atoms with E-state index in [4.69, 9.17) is 0 Å². The van der Waals surface area contributed by atoms with Gasteiger partial charge in [-0.15, -0.1) is 5.10 Å². The van der Waals surface area contributed by atoms with Crippen LogP contribution in [0.5, 0.6) is 0 Å². The fraction of sp³-hybridized carbons (Fsp3) is 0.267. The van der Waals surface area contributed by atoms with Crippen LogP contribution in [0.2, 0.25) is 0 Å². The predicted molar refractivity (Wildman–Crippen MR) is 87.3 cm³/mol. The van der Waals surface area contributed by atoms with Gasteiger partial charge in [0.15, 0.2) is 5.03 Å². The Kier molecular flexibility index (Phi) is 3.57. The number of para-hydroxylation sites is 1. The molecule has 24 heavy (non-hydrogen) atoms. The van der Waals surface area contributed by atoms with Gasteiger partial charge in [-0.3, -0.25) is 0 Å². The fourth-order valence-electron chi connectivity index (χ4n) is 2.61. The standard InChI is InChI=1S/C15H16N6O2S/c22-24(23,14-9-10-17-21(14)13-7-4-8-13)19-15-16-11-20(18-15)12-5-2-1-3-6-12/h1-3,5-6,9-11,13H,4,7-8H2,(H,18,19). The quantitative estimate of drug-likeness (QED) is 0.764. The number of rotatable bonds is 5. The molecular weight excluding hydrogens is 328 g/mol. The molecule has 2 heterocycles. The van der Waals surface area contributed by atoms with Crippen LogP contribution in [0.3, 0.4) is 0 Å². The highest BCUT2D eigenvalue weighted by molar-refractivity contribution is 7.92. The maximum atomic E-state index is 12.6. The third-order valence-electron chi connectivity index (χ3n) is 4.07. The summed E-state index contributed by atoms with van der Waals surface area (Å²) in [5.41, 5.74) is 0.801. The van der Waals surface area contributed by atoms with Gasteiger partial charge in [0.1, 0.15) is 6.33 Å². The van der Waals surface area contributed by atoms with Crippen LogP contribution >= 0.6 is 0 Å². The summed E-state index contributed by atoms with van der Waals surface area (Å²) < 4.78 is 30.7. The van der Waals surface area contributed by atoms with Crippen molar-refractivity contribution in [1.29, 1.82) is 0 Å². The molecule has 9 heteroatoms. The molecule has 1 aliphatic rings. The van der Waals surface area contributed by atoms with Crippen molar-refractivity contribution < 1.29 is 8.42 Å². The Labute approximate surface area is 139 Å². The molecule has 0 unspecified atom stereocenters. The Morgan fingerprint density at radius 2 is 1.92 bits per heavy atom. The molecule has 1 saturated carbocycles. The van der Waals surface area contributed by atoms with Crippen molar-refractivity contribution in [3.8, 4) is 5.69 Å². The molecule has 2 aromatic heterocycles. The summed E-state index contributed by atoms with van der Waals surface area (Å²) in [7, 11) is -3.78. The van der Waals surface area contributed by atoms with E-state index >= 15 is 0 Å². The lowest BCUT2D eigenvalue weighted by molar-refractivity contribution is 0.271. The Bertz CT molecular complexity index is 943. The lowest BCUT2D eigenvalue weighted by Gasteiger charge is -2.27. The Morgan fingerprint density at radius 1 is 1.12 bits per heavy atom. The summed E-state index contributed by atoms with van der Waals surface area (Å²) in [6.07, 6.45) is 5.97. The molecule has 0 aliphatic heterocycles. The number of nitrogens with zero attached hydrogens (tertiary/aromatic N) is 5. The first-order valence-corrected chi connectivity index (χ1v) is 9.15. The van der Waals surface area contributed by atoms with Crippen molar-refractivity contribution >= 4 is 16.0 Å². The van der Waals surface area contributed by atoms with Crippen molar-refractivity contribution in [1.82, 2.24) is 24.5 Å². The van der Waals surface area contributed by atoms with Crippen LogP contribution in [0.15, 0.2) is 53.9 Å². The average molecular weight is 344 g/mol. The first kappa shape index (κ1) is 14.9. The molecule has 1 fully saturated rings. The van der Waals surface area contributed by atoms with Crippen LogP contribution in [0.4, 0.5) is 5.95 Å². The number of anilines is 1. The van der Waals surface area contributed by atoms with Crippen LogP contribution in [0.1, 0.15) is 25.3 Å². The zero-order valence-corrected chi connectivity index (χ0v) is 13.6. The second kappa shape index (κ2) is 5.75. The highest BCUT2D eigenvalue weighted by Gasteiger charge is 2.28. The first-order valence-electron chi connectivity index (χ1n) is 7.67. The second-order valence-electron chi connectivity index (χ2n) is 5.65. The minimum Gasteiger partial charge on any atom is -0.249 e. The van der Waals surface area contributed by atoms with E-state index in [9.17, 15) is 8.42 Å². The van der Waals surface area contributed by atoms with Crippen LogP contribution in [0, 0.1) is 0 Å². The van der Waals surface area contributed by atoms with Crippen molar-refractivity contribution in [3.05, 3.63) is 48.9 Å². The van der Waals surface area contributed by atoms with Crippen molar-refractivity contribution in [2.45, 2.75) is 30.3 Å².